The standard InChI is InChI=1S/C8H15BN2O4/c1-9(15)11-6(8(13)14)4-5-2-3-10-7(5)12/h5-6,11,15H,2-4H2,1H3,(H,10,12)(H,13,14). The highest BCUT2D eigenvalue weighted by molar-refractivity contribution is 6.46. The molecule has 0 saturated carbocycles. The minimum Gasteiger partial charge on any atom is -0.480 e. The van der Waals surface area contributed by atoms with Gasteiger partial charge in [0.05, 0.1) is 6.04 Å². The Kier molecular flexibility index (Phi) is 4.10. The maximum atomic E-state index is 11.2. The molecule has 0 aliphatic carbocycles. The van der Waals surface area contributed by atoms with Gasteiger partial charge in [0, 0.05) is 12.5 Å². The van der Waals surface area contributed by atoms with Crippen molar-refractivity contribution in [3.63, 3.8) is 0 Å². The fourth-order valence-corrected chi connectivity index (χ4v) is 1.69. The van der Waals surface area contributed by atoms with Gasteiger partial charge in [0.1, 0.15) is 0 Å². The molecule has 1 heterocycles. The summed E-state index contributed by atoms with van der Waals surface area (Å²) >= 11 is 0. The van der Waals surface area contributed by atoms with E-state index in [-0.39, 0.29) is 18.2 Å². The zero-order valence-electron chi connectivity index (χ0n) is 8.56. The van der Waals surface area contributed by atoms with Crippen molar-refractivity contribution in [2.45, 2.75) is 25.7 Å². The largest absolute Gasteiger partial charge is 0.480 e. The Balaban J connectivity index is 2.50. The zero-order valence-corrected chi connectivity index (χ0v) is 8.56. The van der Waals surface area contributed by atoms with E-state index in [1.54, 1.807) is 0 Å². The topological polar surface area (TPSA) is 98.7 Å². The van der Waals surface area contributed by atoms with Gasteiger partial charge in [0.15, 0.2) is 0 Å². The zero-order chi connectivity index (χ0) is 11.4. The molecular weight excluding hydrogens is 199 g/mol. The van der Waals surface area contributed by atoms with Crippen LogP contribution in [0, 0.1) is 5.92 Å². The van der Waals surface area contributed by atoms with Gasteiger partial charge in [-0.1, -0.05) is 0 Å². The molecule has 1 rings (SSSR count). The van der Waals surface area contributed by atoms with Gasteiger partial charge in [-0.05, 0) is 19.7 Å². The number of hydrogen-bond acceptors (Lipinski definition) is 4. The van der Waals surface area contributed by atoms with Crippen LogP contribution in [0.1, 0.15) is 12.8 Å². The van der Waals surface area contributed by atoms with Crippen molar-refractivity contribution in [3.05, 3.63) is 0 Å². The van der Waals surface area contributed by atoms with Crippen LogP contribution in [0.15, 0.2) is 0 Å². The van der Waals surface area contributed by atoms with Crippen LogP contribution in [0.3, 0.4) is 0 Å². The lowest BCUT2D eigenvalue weighted by Gasteiger charge is -2.17. The van der Waals surface area contributed by atoms with Crippen molar-refractivity contribution in [1.29, 1.82) is 0 Å². The van der Waals surface area contributed by atoms with Crippen molar-refractivity contribution in [1.82, 2.24) is 10.5 Å². The number of rotatable bonds is 5. The van der Waals surface area contributed by atoms with Crippen LogP contribution in [-0.2, 0) is 9.59 Å². The average molecular weight is 214 g/mol. The molecule has 0 aromatic heterocycles. The van der Waals surface area contributed by atoms with Crippen LogP contribution >= 0.6 is 0 Å². The highest BCUT2D eigenvalue weighted by Crippen LogP contribution is 2.16. The molecule has 0 aromatic rings. The van der Waals surface area contributed by atoms with Crippen LogP contribution < -0.4 is 10.5 Å². The van der Waals surface area contributed by atoms with Gasteiger partial charge in [0.2, 0.25) is 5.91 Å². The Morgan fingerprint density at radius 3 is 2.87 bits per heavy atom. The number of carbonyl (C=O) groups excluding carboxylic acids is 1. The highest BCUT2D eigenvalue weighted by Gasteiger charge is 2.30. The summed E-state index contributed by atoms with van der Waals surface area (Å²) in [6.45, 7) is 2.05. The summed E-state index contributed by atoms with van der Waals surface area (Å²) in [4.78, 5) is 22.0. The van der Waals surface area contributed by atoms with Gasteiger partial charge >= 0.3 is 13.0 Å². The van der Waals surface area contributed by atoms with E-state index in [0.29, 0.717) is 13.0 Å². The molecule has 84 valence electrons. The van der Waals surface area contributed by atoms with E-state index in [4.69, 9.17) is 10.1 Å². The third-order valence-electron chi connectivity index (χ3n) is 2.42. The molecule has 4 N–H and O–H groups in total. The quantitative estimate of drug-likeness (QED) is 0.425. The smallest absolute Gasteiger partial charge is 0.374 e. The Labute approximate surface area is 88.2 Å². The third kappa shape index (κ3) is 3.52. The summed E-state index contributed by atoms with van der Waals surface area (Å²) < 4.78 is 0. The molecule has 7 heteroatoms. The van der Waals surface area contributed by atoms with Gasteiger partial charge in [0.25, 0.3) is 0 Å². The van der Waals surface area contributed by atoms with E-state index in [2.05, 4.69) is 10.5 Å². The normalized spacial score (nSPS) is 22.3. The van der Waals surface area contributed by atoms with Gasteiger partial charge in [-0.15, -0.1) is 0 Å². The van der Waals surface area contributed by atoms with Gasteiger partial charge in [-0.3, -0.25) is 9.59 Å². The minimum absolute atomic E-state index is 0.103. The summed E-state index contributed by atoms with van der Waals surface area (Å²) in [7, 11) is -0.893. The first-order valence-corrected chi connectivity index (χ1v) is 4.95. The van der Waals surface area contributed by atoms with Crippen LogP contribution in [0.5, 0.6) is 0 Å². The fraction of sp³-hybridized carbons (Fsp3) is 0.750. The molecule has 1 aliphatic heterocycles. The lowest BCUT2D eigenvalue weighted by atomic mass is 9.85. The van der Waals surface area contributed by atoms with Gasteiger partial charge in [-0.2, -0.15) is 0 Å². The Morgan fingerprint density at radius 2 is 2.47 bits per heavy atom. The summed E-state index contributed by atoms with van der Waals surface area (Å²) in [6.07, 6.45) is 0.871. The number of carboxylic acids is 1. The van der Waals surface area contributed by atoms with E-state index < -0.39 is 19.1 Å². The van der Waals surface area contributed by atoms with Crippen LogP contribution in [0.25, 0.3) is 0 Å². The molecule has 1 aliphatic rings. The third-order valence-corrected chi connectivity index (χ3v) is 2.42. The monoisotopic (exact) mass is 214 g/mol. The first-order chi connectivity index (χ1) is 7.00. The SMILES string of the molecule is CB(O)NC(CC1CCNC1=O)C(=O)O. The maximum absolute atomic E-state index is 11.2. The van der Waals surface area contributed by atoms with Crippen LogP contribution in [0.4, 0.5) is 0 Å². The molecule has 0 bridgehead atoms. The predicted molar refractivity (Wildman–Crippen MR) is 54.1 cm³/mol. The van der Waals surface area contributed by atoms with E-state index >= 15 is 0 Å². The Hall–Kier alpha value is -1.08. The predicted octanol–water partition coefficient (Wildman–Crippen LogP) is -1.33. The number of carboxylic acid groups (broad SMARTS) is 1. The van der Waals surface area contributed by atoms with E-state index in [0.717, 1.165) is 0 Å². The number of nitrogens with one attached hydrogen (secondary N) is 2. The molecule has 0 aromatic carbocycles. The summed E-state index contributed by atoms with van der Waals surface area (Å²) in [6, 6.07) is -0.876. The van der Waals surface area contributed by atoms with Crippen molar-refractivity contribution >= 4 is 18.9 Å². The molecule has 0 radical (unpaired) electrons. The molecule has 15 heavy (non-hydrogen) atoms. The molecule has 6 nitrogen and oxygen atoms in total. The highest BCUT2D eigenvalue weighted by atomic mass is 16.4. The van der Waals surface area contributed by atoms with E-state index in [1.807, 2.05) is 0 Å². The number of amides is 1. The van der Waals surface area contributed by atoms with E-state index in [9.17, 15) is 9.59 Å². The molecule has 2 atom stereocenters. The van der Waals surface area contributed by atoms with Gasteiger partial charge in [-0.25, -0.2) is 0 Å². The van der Waals surface area contributed by atoms with E-state index in [1.165, 1.54) is 6.82 Å². The Bertz CT molecular complexity index is 259. The molecule has 2 unspecified atom stereocenters. The Morgan fingerprint density at radius 1 is 1.80 bits per heavy atom. The average Bonchev–Trinajstić information content (AvgIpc) is 2.50. The first kappa shape index (κ1) is 12.0. The molecule has 1 saturated heterocycles. The molecule has 1 amide bonds. The van der Waals surface area contributed by atoms with Crippen molar-refractivity contribution in [2.24, 2.45) is 5.92 Å². The minimum atomic E-state index is -1.05. The van der Waals surface area contributed by atoms with Crippen molar-refractivity contribution in [3.8, 4) is 0 Å². The summed E-state index contributed by atoms with van der Waals surface area (Å²) in [5.74, 6) is -1.42. The lowest BCUT2D eigenvalue weighted by Crippen LogP contribution is -2.46. The van der Waals surface area contributed by atoms with Crippen LogP contribution in [0.2, 0.25) is 6.82 Å². The van der Waals surface area contributed by atoms with Crippen molar-refractivity contribution < 1.29 is 19.7 Å². The van der Waals surface area contributed by atoms with Gasteiger partial charge < -0.3 is 20.7 Å². The van der Waals surface area contributed by atoms with Crippen molar-refractivity contribution in [2.75, 3.05) is 6.54 Å². The lowest BCUT2D eigenvalue weighted by molar-refractivity contribution is -0.139. The van der Waals surface area contributed by atoms with Crippen LogP contribution in [-0.4, -0.2) is 41.6 Å². The number of aliphatic carboxylic acids is 1. The maximum Gasteiger partial charge on any atom is 0.374 e. The molecule has 1 fully saturated rings. The molecular formula is C8H15BN2O4. The first-order valence-electron chi connectivity index (χ1n) is 4.95. The second-order valence-corrected chi connectivity index (χ2v) is 3.75. The summed E-state index contributed by atoms with van der Waals surface area (Å²) in [5, 5.41) is 23.0. The second kappa shape index (κ2) is 5.13. The number of carbonyl (C=O) groups is 2. The number of hydrogen-bond donors (Lipinski definition) is 4. The summed E-state index contributed by atoms with van der Waals surface area (Å²) in [5.41, 5.74) is 0. The molecule has 0 spiro atoms. The second-order valence-electron chi connectivity index (χ2n) is 3.75. The fourth-order valence-electron chi connectivity index (χ4n) is 1.69.